The lowest BCUT2D eigenvalue weighted by Gasteiger charge is -2.19. The second-order valence-corrected chi connectivity index (χ2v) is 5.64. The van der Waals surface area contributed by atoms with Gasteiger partial charge in [0.2, 0.25) is 0 Å². The Morgan fingerprint density at radius 1 is 0.947 bits per heavy atom. The van der Waals surface area contributed by atoms with Gasteiger partial charge in [-0.15, -0.1) is 0 Å². The first-order chi connectivity index (χ1) is 9.01. The monoisotopic (exact) mass is 293 g/mol. The Labute approximate surface area is 124 Å². The Balaban J connectivity index is 2.46. The van der Waals surface area contributed by atoms with Crippen LogP contribution in [-0.4, -0.2) is 7.05 Å². The highest BCUT2D eigenvalue weighted by Gasteiger charge is 2.13. The molecule has 0 saturated heterocycles. The van der Waals surface area contributed by atoms with Crippen molar-refractivity contribution in [2.45, 2.75) is 19.9 Å². The summed E-state index contributed by atoms with van der Waals surface area (Å²) >= 11 is 12.4. The minimum absolute atomic E-state index is 0.0931. The predicted molar refractivity (Wildman–Crippen MR) is 83.3 cm³/mol. The van der Waals surface area contributed by atoms with E-state index in [0.29, 0.717) is 0 Å². The van der Waals surface area contributed by atoms with Crippen LogP contribution in [0.4, 0.5) is 0 Å². The molecule has 0 aliphatic carbocycles. The van der Waals surface area contributed by atoms with Crippen molar-refractivity contribution in [3.8, 4) is 0 Å². The molecule has 0 saturated carbocycles. The molecule has 1 atom stereocenters. The van der Waals surface area contributed by atoms with Gasteiger partial charge in [0.25, 0.3) is 0 Å². The van der Waals surface area contributed by atoms with E-state index in [4.69, 9.17) is 23.2 Å². The lowest BCUT2D eigenvalue weighted by Crippen LogP contribution is -2.17. The number of aryl methyl sites for hydroxylation is 2. The average molecular weight is 294 g/mol. The highest BCUT2D eigenvalue weighted by Crippen LogP contribution is 2.28. The van der Waals surface area contributed by atoms with Gasteiger partial charge in [0.1, 0.15) is 0 Å². The molecule has 0 fully saturated rings. The molecule has 0 aliphatic rings. The molecule has 100 valence electrons. The molecule has 0 aromatic heterocycles. The average Bonchev–Trinajstić information content (AvgIpc) is 2.33. The minimum Gasteiger partial charge on any atom is -0.309 e. The van der Waals surface area contributed by atoms with Gasteiger partial charge in [-0.25, -0.2) is 0 Å². The van der Waals surface area contributed by atoms with Crippen molar-refractivity contribution in [1.82, 2.24) is 5.32 Å². The van der Waals surface area contributed by atoms with Gasteiger partial charge in [0.05, 0.1) is 6.04 Å². The largest absolute Gasteiger partial charge is 0.309 e. The third kappa shape index (κ3) is 3.30. The van der Waals surface area contributed by atoms with Crippen LogP contribution in [0.25, 0.3) is 0 Å². The van der Waals surface area contributed by atoms with Crippen molar-refractivity contribution >= 4 is 23.2 Å². The standard InChI is InChI=1S/C16H17Cl2N/c1-10-6-13(8-14(17)7-10)16(19-3)12-5-4-11(2)15(18)9-12/h4-9,16,19H,1-3H3. The summed E-state index contributed by atoms with van der Waals surface area (Å²) < 4.78 is 0. The Bertz CT molecular complexity index is 573. The smallest absolute Gasteiger partial charge is 0.0575 e. The van der Waals surface area contributed by atoms with Crippen LogP contribution in [0, 0.1) is 13.8 Å². The molecular formula is C16H17Cl2N. The summed E-state index contributed by atoms with van der Waals surface area (Å²) in [6, 6.07) is 12.3. The highest BCUT2D eigenvalue weighted by atomic mass is 35.5. The van der Waals surface area contributed by atoms with Crippen molar-refractivity contribution in [1.29, 1.82) is 0 Å². The molecule has 0 heterocycles. The molecule has 0 spiro atoms. The summed E-state index contributed by atoms with van der Waals surface area (Å²) in [6.45, 7) is 4.05. The van der Waals surface area contributed by atoms with Gasteiger partial charge in [-0.05, 0) is 61.3 Å². The Kier molecular flexibility index (Phi) is 4.51. The Morgan fingerprint density at radius 2 is 1.68 bits per heavy atom. The summed E-state index contributed by atoms with van der Waals surface area (Å²) in [5, 5.41) is 4.86. The normalized spacial score (nSPS) is 12.5. The van der Waals surface area contributed by atoms with Crippen LogP contribution in [0.15, 0.2) is 36.4 Å². The van der Waals surface area contributed by atoms with Gasteiger partial charge in [-0.1, -0.05) is 41.4 Å². The molecule has 2 aromatic rings. The number of hydrogen-bond donors (Lipinski definition) is 1. The molecule has 2 aromatic carbocycles. The maximum absolute atomic E-state index is 6.21. The van der Waals surface area contributed by atoms with E-state index in [2.05, 4.69) is 17.4 Å². The fourth-order valence-electron chi connectivity index (χ4n) is 2.25. The fraction of sp³-hybridized carbons (Fsp3) is 0.250. The van der Waals surface area contributed by atoms with Crippen LogP contribution in [0.5, 0.6) is 0 Å². The first-order valence-corrected chi connectivity index (χ1v) is 6.97. The van der Waals surface area contributed by atoms with Crippen molar-refractivity contribution in [3.63, 3.8) is 0 Å². The highest BCUT2D eigenvalue weighted by molar-refractivity contribution is 6.31. The van der Waals surface area contributed by atoms with E-state index in [0.717, 1.165) is 32.3 Å². The van der Waals surface area contributed by atoms with Crippen LogP contribution in [0.1, 0.15) is 28.3 Å². The van der Waals surface area contributed by atoms with Gasteiger partial charge in [-0.2, -0.15) is 0 Å². The van der Waals surface area contributed by atoms with E-state index in [1.807, 2.05) is 45.2 Å². The van der Waals surface area contributed by atoms with Gasteiger partial charge in [0.15, 0.2) is 0 Å². The molecule has 19 heavy (non-hydrogen) atoms. The van der Waals surface area contributed by atoms with E-state index in [1.165, 1.54) is 0 Å². The molecule has 1 N–H and O–H groups in total. The lowest BCUT2D eigenvalue weighted by atomic mass is 9.97. The Hall–Kier alpha value is -1.02. The molecular weight excluding hydrogens is 277 g/mol. The molecule has 2 rings (SSSR count). The van der Waals surface area contributed by atoms with Crippen LogP contribution in [-0.2, 0) is 0 Å². The van der Waals surface area contributed by atoms with Gasteiger partial charge >= 0.3 is 0 Å². The van der Waals surface area contributed by atoms with Crippen LogP contribution in [0.3, 0.4) is 0 Å². The Morgan fingerprint density at radius 3 is 2.26 bits per heavy atom. The number of benzene rings is 2. The quantitative estimate of drug-likeness (QED) is 0.847. The molecule has 3 heteroatoms. The van der Waals surface area contributed by atoms with Gasteiger partial charge in [-0.3, -0.25) is 0 Å². The number of nitrogens with one attached hydrogen (secondary N) is 1. The maximum atomic E-state index is 6.21. The molecule has 0 amide bonds. The van der Waals surface area contributed by atoms with E-state index >= 15 is 0 Å². The zero-order chi connectivity index (χ0) is 14.0. The molecule has 0 radical (unpaired) electrons. The zero-order valence-corrected chi connectivity index (χ0v) is 12.8. The second-order valence-electron chi connectivity index (χ2n) is 4.79. The summed E-state index contributed by atoms with van der Waals surface area (Å²) in [4.78, 5) is 0. The first kappa shape index (κ1) is 14.4. The van der Waals surface area contributed by atoms with E-state index in [1.54, 1.807) is 0 Å². The molecule has 0 bridgehead atoms. The van der Waals surface area contributed by atoms with E-state index in [-0.39, 0.29) is 6.04 Å². The first-order valence-electron chi connectivity index (χ1n) is 6.21. The van der Waals surface area contributed by atoms with E-state index in [9.17, 15) is 0 Å². The third-order valence-corrected chi connectivity index (χ3v) is 3.84. The number of hydrogen-bond acceptors (Lipinski definition) is 1. The molecule has 1 nitrogen and oxygen atoms in total. The second kappa shape index (κ2) is 5.96. The maximum Gasteiger partial charge on any atom is 0.0575 e. The van der Waals surface area contributed by atoms with Gasteiger partial charge in [0, 0.05) is 10.0 Å². The summed E-state index contributed by atoms with van der Waals surface area (Å²) in [5.74, 6) is 0. The van der Waals surface area contributed by atoms with Crippen LogP contribution >= 0.6 is 23.2 Å². The van der Waals surface area contributed by atoms with Crippen LogP contribution < -0.4 is 5.32 Å². The summed E-state index contributed by atoms with van der Waals surface area (Å²) in [5.41, 5.74) is 4.52. The zero-order valence-electron chi connectivity index (χ0n) is 11.3. The van der Waals surface area contributed by atoms with Crippen LogP contribution in [0.2, 0.25) is 10.0 Å². The summed E-state index contributed by atoms with van der Waals surface area (Å²) in [7, 11) is 1.94. The number of halogens is 2. The SMILES string of the molecule is CNC(c1cc(C)cc(Cl)c1)c1ccc(C)c(Cl)c1. The van der Waals surface area contributed by atoms with Crippen molar-refractivity contribution in [2.24, 2.45) is 0 Å². The minimum atomic E-state index is 0.0931. The molecule has 0 aliphatic heterocycles. The van der Waals surface area contributed by atoms with Crippen molar-refractivity contribution in [2.75, 3.05) is 7.05 Å². The number of rotatable bonds is 3. The lowest BCUT2D eigenvalue weighted by molar-refractivity contribution is 0.691. The molecule has 1 unspecified atom stereocenters. The van der Waals surface area contributed by atoms with Crippen molar-refractivity contribution in [3.05, 3.63) is 68.7 Å². The topological polar surface area (TPSA) is 12.0 Å². The fourth-order valence-corrected chi connectivity index (χ4v) is 2.73. The van der Waals surface area contributed by atoms with Gasteiger partial charge < -0.3 is 5.32 Å². The van der Waals surface area contributed by atoms with Crippen molar-refractivity contribution < 1.29 is 0 Å². The summed E-state index contributed by atoms with van der Waals surface area (Å²) in [6.07, 6.45) is 0. The third-order valence-electron chi connectivity index (χ3n) is 3.22. The predicted octanol–water partition coefficient (Wildman–Crippen LogP) is 4.92. The van der Waals surface area contributed by atoms with E-state index < -0.39 is 0 Å².